The molecule has 0 aliphatic heterocycles. The molecule has 114 valence electrons. The van der Waals surface area contributed by atoms with E-state index in [4.69, 9.17) is 16.3 Å². The molecule has 0 saturated carbocycles. The van der Waals surface area contributed by atoms with Crippen LogP contribution in [0.25, 0.3) is 0 Å². The summed E-state index contributed by atoms with van der Waals surface area (Å²) in [5, 5.41) is 2.34. The summed E-state index contributed by atoms with van der Waals surface area (Å²) in [7, 11) is -0.632. The standard InChI is InChI=1S/C14H16ClNO3S2/c1-16(8-7-12-4-3-9-20-12)21(17,18)14-10-11(15)5-6-13(14)19-2/h3-6,9-10H,7-8H2,1-2H3. The highest BCUT2D eigenvalue weighted by atomic mass is 35.5. The molecule has 0 N–H and O–H groups in total. The number of rotatable bonds is 6. The summed E-state index contributed by atoms with van der Waals surface area (Å²) in [4.78, 5) is 1.24. The van der Waals surface area contributed by atoms with Gasteiger partial charge in [0.1, 0.15) is 10.6 Å². The van der Waals surface area contributed by atoms with Crippen LogP contribution >= 0.6 is 22.9 Å². The summed E-state index contributed by atoms with van der Waals surface area (Å²) in [6.07, 6.45) is 0.677. The average molecular weight is 346 g/mol. The van der Waals surface area contributed by atoms with Gasteiger partial charge in [0.2, 0.25) is 10.0 Å². The van der Waals surface area contributed by atoms with Crippen molar-refractivity contribution in [1.82, 2.24) is 4.31 Å². The van der Waals surface area contributed by atoms with E-state index in [0.29, 0.717) is 23.7 Å². The van der Waals surface area contributed by atoms with Gasteiger partial charge in [0.15, 0.2) is 0 Å². The minimum atomic E-state index is -3.63. The summed E-state index contributed by atoms with van der Waals surface area (Å²) in [6.45, 7) is 0.401. The molecule has 0 aliphatic rings. The van der Waals surface area contributed by atoms with Gasteiger partial charge in [-0.15, -0.1) is 11.3 Å². The van der Waals surface area contributed by atoms with Crippen molar-refractivity contribution in [3.63, 3.8) is 0 Å². The fourth-order valence-electron chi connectivity index (χ4n) is 1.86. The van der Waals surface area contributed by atoms with Crippen molar-refractivity contribution in [2.45, 2.75) is 11.3 Å². The first-order chi connectivity index (χ1) is 9.95. The number of methoxy groups -OCH3 is 1. The first-order valence-corrected chi connectivity index (χ1v) is 8.97. The summed E-state index contributed by atoms with van der Waals surface area (Å²) >= 11 is 7.52. The third kappa shape index (κ3) is 3.77. The zero-order valence-corrected chi connectivity index (χ0v) is 14.1. The zero-order valence-electron chi connectivity index (χ0n) is 11.7. The van der Waals surface area contributed by atoms with Gasteiger partial charge in [-0.2, -0.15) is 0 Å². The number of likely N-dealkylation sites (N-methyl/N-ethyl adjacent to an activating group) is 1. The van der Waals surface area contributed by atoms with Crippen molar-refractivity contribution in [3.8, 4) is 5.75 Å². The summed E-state index contributed by atoms with van der Waals surface area (Å²) in [5.41, 5.74) is 0. The van der Waals surface area contributed by atoms with E-state index in [1.807, 2.05) is 17.5 Å². The molecule has 2 rings (SSSR count). The lowest BCUT2D eigenvalue weighted by Crippen LogP contribution is -2.29. The molecule has 1 aromatic heterocycles. The van der Waals surface area contributed by atoms with Crippen LogP contribution in [-0.2, 0) is 16.4 Å². The van der Waals surface area contributed by atoms with Crippen LogP contribution < -0.4 is 4.74 Å². The number of ether oxygens (including phenoxy) is 1. The quantitative estimate of drug-likeness (QED) is 0.807. The van der Waals surface area contributed by atoms with E-state index in [1.165, 1.54) is 17.5 Å². The topological polar surface area (TPSA) is 46.6 Å². The molecule has 2 aromatic rings. The Morgan fingerprint density at radius 2 is 2.10 bits per heavy atom. The first-order valence-electron chi connectivity index (χ1n) is 6.27. The number of benzene rings is 1. The second kappa shape index (κ2) is 6.79. The van der Waals surface area contributed by atoms with Crippen LogP contribution in [0.4, 0.5) is 0 Å². The Balaban J connectivity index is 2.22. The number of hydrogen-bond donors (Lipinski definition) is 0. The fourth-order valence-corrected chi connectivity index (χ4v) is 4.15. The van der Waals surface area contributed by atoms with Crippen molar-refractivity contribution in [3.05, 3.63) is 45.6 Å². The number of thiophene rings is 1. The van der Waals surface area contributed by atoms with Crippen molar-refractivity contribution < 1.29 is 13.2 Å². The molecule has 0 atom stereocenters. The molecular weight excluding hydrogens is 330 g/mol. The molecule has 1 heterocycles. The lowest BCUT2D eigenvalue weighted by molar-refractivity contribution is 0.398. The number of hydrogen-bond acceptors (Lipinski definition) is 4. The Morgan fingerprint density at radius 1 is 1.33 bits per heavy atom. The maximum atomic E-state index is 12.6. The Hall–Kier alpha value is -1.08. The van der Waals surface area contributed by atoms with Crippen molar-refractivity contribution in [1.29, 1.82) is 0 Å². The van der Waals surface area contributed by atoms with E-state index in [0.717, 1.165) is 4.88 Å². The lowest BCUT2D eigenvalue weighted by atomic mass is 10.3. The number of halogens is 1. The largest absolute Gasteiger partial charge is 0.495 e. The molecular formula is C14H16ClNO3S2. The van der Waals surface area contributed by atoms with Crippen LogP contribution in [0.2, 0.25) is 5.02 Å². The normalized spacial score (nSPS) is 11.8. The van der Waals surface area contributed by atoms with Gasteiger partial charge >= 0.3 is 0 Å². The summed E-state index contributed by atoms with van der Waals surface area (Å²) in [5.74, 6) is 0.294. The molecule has 0 amide bonds. The highest BCUT2D eigenvalue weighted by molar-refractivity contribution is 7.89. The molecule has 4 nitrogen and oxygen atoms in total. The molecule has 0 unspecified atom stereocenters. The Labute approximate surface area is 134 Å². The van der Waals surface area contributed by atoms with Crippen molar-refractivity contribution in [2.24, 2.45) is 0 Å². The van der Waals surface area contributed by atoms with Gasteiger partial charge in [-0.1, -0.05) is 17.7 Å². The minimum absolute atomic E-state index is 0.0891. The third-order valence-corrected chi connectivity index (χ3v) is 6.12. The van der Waals surface area contributed by atoms with Crippen LogP contribution in [-0.4, -0.2) is 33.4 Å². The molecule has 21 heavy (non-hydrogen) atoms. The van der Waals surface area contributed by atoms with Crippen molar-refractivity contribution >= 4 is 33.0 Å². The van der Waals surface area contributed by atoms with Crippen LogP contribution in [0, 0.1) is 0 Å². The monoisotopic (exact) mass is 345 g/mol. The van der Waals surface area contributed by atoms with Gasteiger partial charge in [-0.05, 0) is 36.1 Å². The maximum Gasteiger partial charge on any atom is 0.246 e. The van der Waals surface area contributed by atoms with Crippen molar-refractivity contribution in [2.75, 3.05) is 20.7 Å². The van der Waals surface area contributed by atoms with Crippen LogP contribution in [0.5, 0.6) is 5.75 Å². The van der Waals surface area contributed by atoms with Gasteiger partial charge in [0.05, 0.1) is 7.11 Å². The van der Waals surface area contributed by atoms with Gasteiger partial charge in [-0.3, -0.25) is 0 Å². The summed E-state index contributed by atoms with van der Waals surface area (Å²) in [6, 6.07) is 8.52. The Kier molecular flexibility index (Phi) is 5.27. The smallest absolute Gasteiger partial charge is 0.246 e. The lowest BCUT2D eigenvalue weighted by Gasteiger charge is -2.18. The van der Waals surface area contributed by atoms with E-state index < -0.39 is 10.0 Å². The Morgan fingerprint density at radius 3 is 2.71 bits per heavy atom. The highest BCUT2D eigenvalue weighted by Crippen LogP contribution is 2.29. The fraction of sp³-hybridized carbons (Fsp3) is 0.286. The molecule has 0 spiro atoms. The second-order valence-electron chi connectivity index (χ2n) is 4.45. The van der Waals surface area contributed by atoms with Crippen LogP contribution in [0.1, 0.15) is 4.88 Å². The molecule has 0 radical (unpaired) electrons. The highest BCUT2D eigenvalue weighted by Gasteiger charge is 2.25. The predicted octanol–water partition coefficient (Wildman–Crippen LogP) is 3.27. The van der Waals surface area contributed by atoms with Gasteiger partial charge < -0.3 is 4.74 Å². The molecule has 0 bridgehead atoms. The van der Waals surface area contributed by atoms with Gasteiger partial charge in [0.25, 0.3) is 0 Å². The van der Waals surface area contributed by atoms with Crippen LogP contribution in [0.15, 0.2) is 40.6 Å². The second-order valence-corrected chi connectivity index (χ2v) is 7.93. The maximum absolute atomic E-state index is 12.6. The predicted molar refractivity (Wildman–Crippen MR) is 85.8 cm³/mol. The van der Waals surface area contributed by atoms with E-state index in [2.05, 4.69) is 0 Å². The van der Waals surface area contributed by atoms with E-state index in [-0.39, 0.29) is 4.90 Å². The molecule has 0 aliphatic carbocycles. The molecule has 0 saturated heterocycles. The van der Waals surface area contributed by atoms with Gasteiger partial charge in [0, 0.05) is 23.5 Å². The number of sulfonamides is 1. The van der Waals surface area contributed by atoms with Crippen LogP contribution in [0.3, 0.4) is 0 Å². The van der Waals surface area contributed by atoms with E-state index >= 15 is 0 Å². The summed E-state index contributed by atoms with van der Waals surface area (Å²) < 4.78 is 31.7. The van der Waals surface area contributed by atoms with E-state index in [1.54, 1.807) is 30.5 Å². The van der Waals surface area contributed by atoms with E-state index in [9.17, 15) is 8.42 Å². The van der Waals surface area contributed by atoms with Gasteiger partial charge in [-0.25, -0.2) is 12.7 Å². The first kappa shape index (κ1) is 16.3. The SMILES string of the molecule is COc1ccc(Cl)cc1S(=O)(=O)N(C)CCc1cccs1. The number of nitrogens with zero attached hydrogens (tertiary/aromatic N) is 1. The average Bonchev–Trinajstić information content (AvgIpc) is 2.97. The molecule has 1 aromatic carbocycles. The minimum Gasteiger partial charge on any atom is -0.495 e. The Bertz CT molecular complexity index is 699. The molecule has 0 fully saturated rings. The molecule has 7 heteroatoms. The third-order valence-electron chi connectivity index (χ3n) is 3.07. The zero-order chi connectivity index (χ0) is 15.5.